The zero-order chi connectivity index (χ0) is 10.7. The van der Waals surface area contributed by atoms with Crippen molar-refractivity contribution >= 4 is 29.2 Å². The zero-order valence-corrected chi connectivity index (χ0v) is 8.38. The molecule has 14 heavy (non-hydrogen) atoms. The molecule has 0 bridgehead atoms. The van der Waals surface area contributed by atoms with Crippen LogP contribution in [-0.2, 0) is 4.79 Å². The Kier molecular flexibility index (Phi) is 3.34. The number of carbonyl (C=O) groups is 1. The number of nitriles is 1. The van der Waals surface area contributed by atoms with Crippen LogP contribution < -0.4 is 0 Å². The van der Waals surface area contributed by atoms with Crippen molar-refractivity contribution in [1.82, 2.24) is 0 Å². The van der Waals surface area contributed by atoms with Crippen LogP contribution in [0.25, 0.3) is 0 Å². The second kappa shape index (κ2) is 4.32. The van der Waals surface area contributed by atoms with Crippen LogP contribution in [0.2, 0.25) is 10.0 Å². The van der Waals surface area contributed by atoms with E-state index in [1.807, 2.05) is 0 Å². The van der Waals surface area contributed by atoms with Crippen LogP contribution in [-0.4, -0.2) is 11.1 Å². The van der Waals surface area contributed by atoms with Crippen molar-refractivity contribution in [2.45, 2.75) is 5.92 Å². The molecule has 0 heterocycles. The molecule has 0 aliphatic heterocycles. The SMILES string of the molecule is N#C[C@H](C(=O)O)c1ccc(Cl)c(Cl)c1. The summed E-state index contributed by atoms with van der Waals surface area (Å²) < 4.78 is 0. The fourth-order valence-corrected chi connectivity index (χ4v) is 1.27. The minimum absolute atomic E-state index is 0.241. The third-order valence-electron chi connectivity index (χ3n) is 1.65. The smallest absolute Gasteiger partial charge is 0.325 e. The Bertz CT molecular complexity index is 412. The highest BCUT2D eigenvalue weighted by Gasteiger charge is 2.19. The molecule has 3 nitrogen and oxygen atoms in total. The lowest BCUT2D eigenvalue weighted by molar-refractivity contribution is -0.137. The van der Waals surface area contributed by atoms with E-state index in [2.05, 4.69) is 0 Å². The number of hydrogen-bond acceptors (Lipinski definition) is 2. The van der Waals surface area contributed by atoms with Crippen molar-refractivity contribution in [3.63, 3.8) is 0 Å². The molecule has 1 aromatic carbocycles. The van der Waals surface area contributed by atoms with Gasteiger partial charge in [0, 0.05) is 0 Å². The maximum atomic E-state index is 10.6. The van der Waals surface area contributed by atoms with E-state index < -0.39 is 11.9 Å². The van der Waals surface area contributed by atoms with Crippen molar-refractivity contribution in [1.29, 1.82) is 5.26 Å². The Morgan fingerprint density at radius 1 is 1.43 bits per heavy atom. The predicted molar refractivity (Wildman–Crippen MR) is 52.5 cm³/mol. The summed E-state index contributed by atoms with van der Waals surface area (Å²) in [6.45, 7) is 0. The lowest BCUT2D eigenvalue weighted by Crippen LogP contribution is -2.08. The van der Waals surface area contributed by atoms with Gasteiger partial charge in [0.1, 0.15) is 0 Å². The molecule has 0 unspecified atom stereocenters. The second-order valence-corrected chi connectivity index (χ2v) is 3.39. The summed E-state index contributed by atoms with van der Waals surface area (Å²) in [5, 5.41) is 17.9. The van der Waals surface area contributed by atoms with E-state index in [1.165, 1.54) is 18.2 Å². The fourth-order valence-electron chi connectivity index (χ4n) is 0.964. The summed E-state index contributed by atoms with van der Waals surface area (Å²) in [6.07, 6.45) is 0. The third kappa shape index (κ3) is 2.16. The minimum Gasteiger partial charge on any atom is -0.480 e. The van der Waals surface area contributed by atoms with Crippen molar-refractivity contribution in [3.8, 4) is 6.07 Å². The van der Waals surface area contributed by atoms with Crippen LogP contribution in [0.15, 0.2) is 18.2 Å². The Labute approximate surface area is 90.5 Å². The van der Waals surface area contributed by atoms with Crippen LogP contribution in [0, 0.1) is 11.3 Å². The highest BCUT2D eigenvalue weighted by Crippen LogP contribution is 2.26. The van der Waals surface area contributed by atoms with Crippen molar-refractivity contribution in [2.24, 2.45) is 0 Å². The third-order valence-corrected chi connectivity index (χ3v) is 2.39. The van der Waals surface area contributed by atoms with Gasteiger partial charge in [-0.05, 0) is 17.7 Å². The lowest BCUT2D eigenvalue weighted by atomic mass is 10.0. The molecule has 0 aromatic heterocycles. The van der Waals surface area contributed by atoms with Gasteiger partial charge in [-0.3, -0.25) is 4.79 Å². The minimum atomic E-state index is -1.20. The number of carboxylic acids is 1. The van der Waals surface area contributed by atoms with Gasteiger partial charge in [0.15, 0.2) is 5.92 Å². The molecule has 1 N–H and O–H groups in total. The first-order chi connectivity index (χ1) is 6.56. The first-order valence-electron chi connectivity index (χ1n) is 3.63. The van der Waals surface area contributed by atoms with Crippen LogP contribution >= 0.6 is 23.2 Å². The van der Waals surface area contributed by atoms with Crippen LogP contribution in [0.3, 0.4) is 0 Å². The number of hydrogen-bond donors (Lipinski definition) is 1. The number of carboxylic acid groups (broad SMARTS) is 1. The number of aliphatic carboxylic acids is 1. The van der Waals surface area contributed by atoms with E-state index in [0.29, 0.717) is 10.6 Å². The molecule has 0 radical (unpaired) electrons. The lowest BCUT2D eigenvalue weighted by Gasteiger charge is -2.04. The Balaban J connectivity index is 3.14. The normalized spacial score (nSPS) is 11.8. The molecule has 1 aromatic rings. The van der Waals surface area contributed by atoms with Gasteiger partial charge in [0.05, 0.1) is 16.1 Å². The van der Waals surface area contributed by atoms with E-state index in [0.717, 1.165) is 0 Å². The monoisotopic (exact) mass is 229 g/mol. The van der Waals surface area contributed by atoms with E-state index in [4.69, 9.17) is 33.6 Å². The average molecular weight is 230 g/mol. The summed E-state index contributed by atoms with van der Waals surface area (Å²) in [6, 6.07) is 5.98. The van der Waals surface area contributed by atoms with Crippen molar-refractivity contribution in [3.05, 3.63) is 33.8 Å². The number of rotatable bonds is 2. The highest BCUT2D eigenvalue weighted by atomic mass is 35.5. The maximum Gasteiger partial charge on any atom is 0.325 e. The summed E-state index contributed by atoms with van der Waals surface area (Å²) in [4.78, 5) is 10.6. The number of halogens is 2. The standard InChI is InChI=1S/C9H5Cl2NO2/c10-7-2-1-5(3-8(7)11)6(4-12)9(13)14/h1-3,6H,(H,13,14)/t6-/m0/s1. The molecule has 0 aliphatic carbocycles. The quantitative estimate of drug-likeness (QED) is 0.849. The van der Waals surface area contributed by atoms with E-state index >= 15 is 0 Å². The molecule has 72 valence electrons. The van der Waals surface area contributed by atoms with Crippen LogP contribution in [0.4, 0.5) is 0 Å². The first-order valence-corrected chi connectivity index (χ1v) is 4.39. The van der Waals surface area contributed by atoms with Gasteiger partial charge in [-0.1, -0.05) is 29.3 Å². The molecule has 0 spiro atoms. The van der Waals surface area contributed by atoms with E-state index in [1.54, 1.807) is 6.07 Å². The van der Waals surface area contributed by atoms with Crippen LogP contribution in [0.5, 0.6) is 0 Å². The Morgan fingerprint density at radius 2 is 2.07 bits per heavy atom. The topological polar surface area (TPSA) is 61.1 Å². The first kappa shape index (κ1) is 10.8. The van der Waals surface area contributed by atoms with E-state index in [9.17, 15) is 4.79 Å². The molecular formula is C9H5Cl2NO2. The van der Waals surface area contributed by atoms with Gasteiger partial charge in [0.2, 0.25) is 0 Å². The van der Waals surface area contributed by atoms with Crippen molar-refractivity contribution < 1.29 is 9.90 Å². The molecule has 0 fully saturated rings. The summed E-state index contributed by atoms with van der Waals surface area (Å²) in [5.74, 6) is -2.41. The summed E-state index contributed by atoms with van der Waals surface area (Å²) in [7, 11) is 0. The highest BCUT2D eigenvalue weighted by molar-refractivity contribution is 6.42. The van der Waals surface area contributed by atoms with Gasteiger partial charge < -0.3 is 5.11 Å². The summed E-state index contributed by atoms with van der Waals surface area (Å²) in [5.41, 5.74) is 0.328. The molecule has 0 saturated carbocycles. The zero-order valence-electron chi connectivity index (χ0n) is 6.87. The second-order valence-electron chi connectivity index (χ2n) is 2.57. The molecule has 1 atom stereocenters. The average Bonchev–Trinajstić information content (AvgIpc) is 2.11. The molecule has 0 amide bonds. The van der Waals surface area contributed by atoms with E-state index in [-0.39, 0.29) is 5.02 Å². The van der Waals surface area contributed by atoms with Crippen molar-refractivity contribution in [2.75, 3.05) is 0 Å². The molecule has 0 aliphatic rings. The number of benzene rings is 1. The maximum absolute atomic E-state index is 10.6. The van der Waals surface area contributed by atoms with Gasteiger partial charge in [-0.2, -0.15) is 5.26 Å². The molecular weight excluding hydrogens is 225 g/mol. The van der Waals surface area contributed by atoms with Gasteiger partial charge in [0.25, 0.3) is 0 Å². The summed E-state index contributed by atoms with van der Waals surface area (Å²) >= 11 is 11.3. The fraction of sp³-hybridized carbons (Fsp3) is 0.111. The van der Waals surface area contributed by atoms with Gasteiger partial charge in [-0.25, -0.2) is 0 Å². The predicted octanol–water partition coefficient (Wildman–Crippen LogP) is 2.69. The molecule has 1 rings (SSSR count). The van der Waals surface area contributed by atoms with Gasteiger partial charge >= 0.3 is 5.97 Å². The van der Waals surface area contributed by atoms with Crippen LogP contribution in [0.1, 0.15) is 11.5 Å². The van der Waals surface area contributed by atoms with Gasteiger partial charge in [-0.15, -0.1) is 0 Å². The Hall–Kier alpha value is -1.24. The largest absolute Gasteiger partial charge is 0.480 e. The molecule has 0 saturated heterocycles. The number of nitrogens with zero attached hydrogens (tertiary/aromatic N) is 1. The molecule has 5 heteroatoms. The Morgan fingerprint density at radius 3 is 2.50 bits per heavy atom.